The highest BCUT2D eigenvalue weighted by molar-refractivity contribution is 6.33. The van der Waals surface area contributed by atoms with Crippen LogP contribution in [0.4, 0.5) is 5.69 Å². The SMILES string of the molecule is CCCOc1c(Cl)cc(/C=C2\N=C(c3ccc(Cl)c([N+](=O)[O-])c3)OC2=O)cc1OCC. The van der Waals surface area contributed by atoms with E-state index in [4.69, 9.17) is 37.4 Å². The van der Waals surface area contributed by atoms with Crippen LogP contribution in [0.2, 0.25) is 10.0 Å². The minimum atomic E-state index is -0.701. The number of halogens is 2. The maximum Gasteiger partial charge on any atom is 0.363 e. The third-order valence-corrected chi connectivity index (χ3v) is 4.70. The van der Waals surface area contributed by atoms with Crippen LogP contribution < -0.4 is 9.47 Å². The number of benzene rings is 2. The molecule has 0 bridgehead atoms. The summed E-state index contributed by atoms with van der Waals surface area (Å²) < 4.78 is 16.5. The minimum Gasteiger partial charge on any atom is -0.490 e. The molecule has 0 aromatic heterocycles. The average molecular weight is 465 g/mol. The largest absolute Gasteiger partial charge is 0.490 e. The zero-order valence-electron chi connectivity index (χ0n) is 16.7. The molecule has 0 atom stereocenters. The van der Waals surface area contributed by atoms with Crippen LogP contribution >= 0.6 is 23.2 Å². The molecular weight excluding hydrogens is 447 g/mol. The van der Waals surface area contributed by atoms with Gasteiger partial charge < -0.3 is 14.2 Å². The first-order valence-electron chi connectivity index (χ1n) is 9.40. The number of ether oxygens (including phenoxy) is 3. The second-order valence-electron chi connectivity index (χ2n) is 6.37. The fourth-order valence-corrected chi connectivity index (χ4v) is 3.21. The number of nitro benzene ring substituents is 1. The molecule has 162 valence electrons. The van der Waals surface area contributed by atoms with E-state index in [-0.39, 0.29) is 27.9 Å². The molecule has 1 aliphatic rings. The van der Waals surface area contributed by atoms with Crippen molar-refractivity contribution < 1.29 is 23.9 Å². The fraction of sp³-hybridized carbons (Fsp3) is 0.238. The zero-order chi connectivity index (χ0) is 22.5. The Kier molecular flexibility index (Phi) is 7.14. The Labute approximate surface area is 188 Å². The third kappa shape index (κ3) is 5.15. The summed E-state index contributed by atoms with van der Waals surface area (Å²) >= 11 is 12.2. The predicted octanol–water partition coefficient (Wildman–Crippen LogP) is 5.43. The summed E-state index contributed by atoms with van der Waals surface area (Å²) in [6.45, 7) is 4.69. The highest BCUT2D eigenvalue weighted by Gasteiger charge is 2.26. The second-order valence-corrected chi connectivity index (χ2v) is 7.19. The topological polar surface area (TPSA) is 100 Å². The Bertz CT molecular complexity index is 1100. The Balaban J connectivity index is 1.96. The van der Waals surface area contributed by atoms with Gasteiger partial charge in [0.1, 0.15) is 5.02 Å². The molecule has 0 radical (unpaired) electrons. The van der Waals surface area contributed by atoms with E-state index in [1.165, 1.54) is 24.3 Å². The Morgan fingerprint density at radius 1 is 1.16 bits per heavy atom. The Hall–Kier alpha value is -3.10. The standard InChI is InChI=1S/C21H18Cl2N2O6/c1-3-7-30-19-15(23)8-12(10-18(19)29-4-2)9-16-21(26)31-20(24-16)13-5-6-14(22)17(11-13)25(27)28/h5-6,8-11H,3-4,7H2,1-2H3/b16-9-. The number of hydrogen-bond donors (Lipinski definition) is 0. The smallest absolute Gasteiger partial charge is 0.363 e. The number of nitro groups is 1. The highest BCUT2D eigenvalue weighted by Crippen LogP contribution is 2.38. The summed E-state index contributed by atoms with van der Waals surface area (Å²) in [5, 5.41) is 11.4. The average Bonchev–Trinajstić information content (AvgIpc) is 3.08. The third-order valence-electron chi connectivity index (χ3n) is 4.10. The van der Waals surface area contributed by atoms with Gasteiger partial charge in [0.2, 0.25) is 5.90 Å². The molecule has 10 heteroatoms. The molecule has 1 aliphatic heterocycles. The van der Waals surface area contributed by atoms with Crippen LogP contribution in [-0.4, -0.2) is 30.0 Å². The van der Waals surface area contributed by atoms with Gasteiger partial charge in [0.15, 0.2) is 17.2 Å². The summed E-state index contributed by atoms with van der Waals surface area (Å²) in [5.41, 5.74) is 0.500. The van der Waals surface area contributed by atoms with Gasteiger partial charge in [-0.05, 0) is 49.2 Å². The normalized spacial score (nSPS) is 14.4. The summed E-state index contributed by atoms with van der Waals surface area (Å²) in [7, 11) is 0. The second kappa shape index (κ2) is 9.80. The lowest BCUT2D eigenvalue weighted by molar-refractivity contribution is -0.384. The van der Waals surface area contributed by atoms with Crippen molar-refractivity contribution in [3.63, 3.8) is 0 Å². The zero-order valence-corrected chi connectivity index (χ0v) is 18.2. The van der Waals surface area contributed by atoms with Crippen molar-refractivity contribution in [1.29, 1.82) is 0 Å². The number of nitrogens with zero attached hydrogens (tertiary/aromatic N) is 2. The van der Waals surface area contributed by atoms with E-state index in [0.717, 1.165) is 6.42 Å². The van der Waals surface area contributed by atoms with Gasteiger partial charge in [-0.15, -0.1) is 0 Å². The first kappa shape index (κ1) is 22.6. The van der Waals surface area contributed by atoms with Crippen LogP contribution in [0.3, 0.4) is 0 Å². The molecule has 2 aromatic carbocycles. The molecule has 0 spiro atoms. The molecule has 0 saturated heterocycles. The molecule has 0 fully saturated rings. The van der Waals surface area contributed by atoms with Gasteiger partial charge >= 0.3 is 5.97 Å². The molecule has 1 heterocycles. The number of aliphatic imine (C=N–C) groups is 1. The van der Waals surface area contributed by atoms with Crippen LogP contribution in [0.25, 0.3) is 6.08 Å². The predicted molar refractivity (Wildman–Crippen MR) is 117 cm³/mol. The van der Waals surface area contributed by atoms with Crippen molar-refractivity contribution >= 4 is 46.8 Å². The molecule has 2 aromatic rings. The van der Waals surface area contributed by atoms with Crippen LogP contribution in [0.1, 0.15) is 31.4 Å². The minimum absolute atomic E-state index is 0.00773. The molecule has 3 rings (SSSR count). The van der Waals surface area contributed by atoms with Crippen LogP contribution in [0, 0.1) is 10.1 Å². The van der Waals surface area contributed by atoms with Gasteiger partial charge in [0.05, 0.1) is 23.2 Å². The molecule has 0 saturated carbocycles. The van der Waals surface area contributed by atoms with E-state index in [2.05, 4.69) is 4.99 Å². The summed E-state index contributed by atoms with van der Waals surface area (Å²) in [5.74, 6) is 0.112. The molecule has 0 aliphatic carbocycles. The van der Waals surface area contributed by atoms with E-state index in [1.54, 1.807) is 12.1 Å². The lowest BCUT2D eigenvalue weighted by atomic mass is 10.1. The first-order chi connectivity index (χ1) is 14.8. The lowest BCUT2D eigenvalue weighted by Gasteiger charge is -2.14. The first-order valence-corrected chi connectivity index (χ1v) is 10.2. The van der Waals surface area contributed by atoms with E-state index in [0.29, 0.717) is 35.3 Å². The van der Waals surface area contributed by atoms with E-state index in [9.17, 15) is 14.9 Å². The highest BCUT2D eigenvalue weighted by atomic mass is 35.5. The molecule has 0 unspecified atom stereocenters. The van der Waals surface area contributed by atoms with Crippen molar-refractivity contribution in [2.24, 2.45) is 4.99 Å². The van der Waals surface area contributed by atoms with Gasteiger partial charge in [-0.25, -0.2) is 9.79 Å². The van der Waals surface area contributed by atoms with E-state index < -0.39 is 10.9 Å². The van der Waals surface area contributed by atoms with Crippen molar-refractivity contribution in [2.75, 3.05) is 13.2 Å². The van der Waals surface area contributed by atoms with Gasteiger partial charge in [0, 0.05) is 11.6 Å². The van der Waals surface area contributed by atoms with Crippen LogP contribution in [0.15, 0.2) is 41.0 Å². The molecule has 31 heavy (non-hydrogen) atoms. The number of carbonyl (C=O) groups excluding carboxylic acids is 1. The number of esters is 1. The number of rotatable bonds is 8. The van der Waals surface area contributed by atoms with E-state index >= 15 is 0 Å². The van der Waals surface area contributed by atoms with Crippen molar-refractivity contribution in [3.05, 3.63) is 67.3 Å². The summed E-state index contributed by atoms with van der Waals surface area (Å²) in [4.78, 5) is 26.9. The van der Waals surface area contributed by atoms with Crippen molar-refractivity contribution in [1.82, 2.24) is 0 Å². The maximum atomic E-state index is 12.3. The van der Waals surface area contributed by atoms with Gasteiger partial charge in [-0.3, -0.25) is 10.1 Å². The molecule has 8 nitrogen and oxygen atoms in total. The van der Waals surface area contributed by atoms with Gasteiger partial charge in [-0.1, -0.05) is 30.1 Å². The van der Waals surface area contributed by atoms with Crippen LogP contribution in [-0.2, 0) is 9.53 Å². The van der Waals surface area contributed by atoms with E-state index in [1.807, 2.05) is 13.8 Å². The number of carbonyl (C=O) groups is 1. The molecule has 0 amide bonds. The Morgan fingerprint density at radius 2 is 1.94 bits per heavy atom. The van der Waals surface area contributed by atoms with Crippen molar-refractivity contribution in [3.8, 4) is 11.5 Å². The molecule has 0 N–H and O–H groups in total. The monoisotopic (exact) mass is 464 g/mol. The molecular formula is C21H18Cl2N2O6. The number of cyclic esters (lactones) is 1. The maximum absolute atomic E-state index is 12.3. The number of hydrogen-bond acceptors (Lipinski definition) is 7. The fourth-order valence-electron chi connectivity index (χ4n) is 2.75. The van der Waals surface area contributed by atoms with Gasteiger partial charge in [0.25, 0.3) is 5.69 Å². The van der Waals surface area contributed by atoms with Crippen molar-refractivity contribution in [2.45, 2.75) is 20.3 Å². The summed E-state index contributed by atoms with van der Waals surface area (Å²) in [6.07, 6.45) is 2.29. The van der Waals surface area contributed by atoms with Gasteiger partial charge in [-0.2, -0.15) is 0 Å². The summed E-state index contributed by atoms with van der Waals surface area (Å²) in [6, 6.07) is 7.32. The Morgan fingerprint density at radius 3 is 2.61 bits per heavy atom. The quantitative estimate of drug-likeness (QED) is 0.223. The lowest BCUT2D eigenvalue weighted by Crippen LogP contribution is -2.06. The van der Waals surface area contributed by atoms with Crippen LogP contribution in [0.5, 0.6) is 11.5 Å².